The molecule has 0 heterocycles. The van der Waals surface area contributed by atoms with E-state index in [1.165, 1.54) is 0 Å². The van der Waals surface area contributed by atoms with Gasteiger partial charge in [-0.25, -0.2) is 13.1 Å². The fourth-order valence-corrected chi connectivity index (χ4v) is 3.68. The third-order valence-corrected chi connectivity index (χ3v) is 5.16. The number of benzene rings is 2. The van der Waals surface area contributed by atoms with Crippen molar-refractivity contribution in [1.82, 2.24) is 4.72 Å². The Labute approximate surface area is 137 Å². The van der Waals surface area contributed by atoms with E-state index in [1.807, 2.05) is 31.2 Å². The maximum absolute atomic E-state index is 12.6. The van der Waals surface area contributed by atoms with Crippen LogP contribution in [0.4, 0.5) is 0 Å². The van der Waals surface area contributed by atoms with Gasteiger partial charge in [0.15, 0.2) is 0 Å². The van der Waals surface area contributed by atoms with Gasteiger partial charge in [0, 0.05) is 5.56 Å². The molecule has 0 saturated carbocycles. The number of ether oxygens (including phenoxy) is 1. The van der Waals surface area contributed by atoms with Gasteiger partial charge >= 0.3 is 0 Å². The minimum Gasteiger partial charge on any atom is -0.496 e. The topological polar surface area (TPSA) is 55.4 Å². The summed E-state index contributed by atoms with van der Waals surface area (Å²) in [4.78, 5) is 0.233. The molecule has 0 fully saturated rings. The van der Waals surface area contributed by atoms with Crippen LogP contribution >= 0.6 is 0 Å². The van der Waals surface area contributed by atoms with Crippen molar-refractivity contribution >= 4 is 10.0 Å². The van der Waals surface area contributed by atoms with Gasteiger partial charge < -0.3 is 4.74 Å². The van der Waals surface area contributed by atoms with Crippen molar-refractivity contribution < 1.29 is 13.2 Å². The van der Waals surface area contributed by atoms with E-state index in [0.717, 1.165) is 5.56 Å². The van der Waals surface area contributed by atoms with Crippen molar-refractivity contribution in [2.75, 3.05) is 7.11 Å². The molecule has 5 heteroatoms. The van der Waals surface area contributed by atoms with Gasteiger partial charge in [0.2, 0.25) is 10.0 Å². The summed E-state index contributed by atoms with van der Waals surface area (Å²) in [5, 5.41) is 0. The highest BCUT2D eigenvalue weighted by atomic mass is 32.2. The number of nitrogens with one attached hydrogen (secondary N) is 1. The number of para-hydroxylation sites is 1. The maximum Gasteiger partial charge on any atom is 0.241 e. The summed E-state index contributed by atoms with van der Waals surface area (Å²) >= 11 is 0. The molecule has 0 radical (unpaired) electrons. The van der Waals surface area contributed by atoms with E-state index in [2.05, 4.69) is 11.3 Å². The lowest BCUT2D eigenvalue weighted by atomic mass is 9.95. The largest absolute Gasteiger partial charge is 0.496 e. The lowest BCUT2D eigenvalue weighted by Crippen LogP contribution is -2.32. The van der Waals surface area contributed by atoms with E-state index >= 15 is 0 Å². The van der Waals surface area contributed by atoms with Crippen LogP contribution in [0.15, 0.2) is 72.1 Å². The van der Waals surface area contributed by atoms with Crippen LogP contribution in [-0.4, -0.2) is 15.5 Å². The first kappa shape index (κ1) is 17.2. The monoisotopic (exact) mass is 331 g/mol. The van der Waals surface area contributed by atoms with Crippen molar-refractivity contribution in [2.45, 2.75) is 17.9 Å². The van der Waals surface area contributed by atoms with Gasteiger partial charge in [0.25, 0.3) is 0 Å². The highest BCUT2D eigenvalue weighted by Gasteiger charge is 2.26. The number of hydrogen-bond donors (Lipinski definition) is 1. The molecule has 4 nitrogen and oxygen atoms in total. The highest BCUT2D eigenvalue weighted by molar-refractivity contribution is 7.89. The fraction of sp³-hybridized carbons (Fsp3) is 0.222. The first-order valence-corrected chi connectivity index (χ1v) is 8.80. The molecule has 1 N–H and O–H groups in total. The van der Waals surface area contributed by atoms with Crippen LogP contribution < -0.4 is 9.46 Å². The predicted octanol–water partition coefficient (Wildman–Crippen LogP) is 3.54. The van der Waals surface area contributed by atoms with Crippen LogP contribution in [0.3, 0.4) is 0 Å². The average Bonchev–Trinajstić information content (AvgIpc) is 2.59. The number of sulfonamides is 1. The summed E-state index contributed by atoms with van der Waals surface area (Å²) in [6.45, 7) is 5.70. The Bertz CT molecular complexity index is 757. The Kier molecular flexibility index (Phi) is 5.58. The zero-order valence-electron chi connectivity index (χ0n) is 13.3. The Morgan fingerprint density at radius 2 is 1.70 bits per heavy atom. The second-order valence-corrected chi connectivity index (χ2v) is 6.96. The molecule has 0 spiro atoms. The molecule has 23 heavy (non-hydrogen) atoms. The lowest BCUT2D eigenvalue weighted by Gasteiger charge is -2.25. The van der Waals surface area contributed by atoms with Crippen molar-refractivity contribution in [3.05, 3.63) is 72.8 Å². The normalized spacial score (nSPS) is 14.0. The molecule has 0 amide bonds. The standard InChI is InChI=1S/C18H21NO3S/c1-4-14(2)18(16-12-8-9-13-17(16)22-3)19-23(20,21)15-10-6-5-7-11-15/h4-14,18-19H,1H2,2-3H3/t14-,18+/m1/s1. The highest BCUT2D eigenvalue weighted by Crippen LogP contribution is 2.31. The van der Waals surface area contributed by atoms with Crippen LogP contribution in [0.2, 0.25) is 0 Å². The molecule has 2 rings (SSSR count). The Morgan fingerprint density at radius 3 is 2.30 bits per heavy atom. The molecule has 2 atom stereocenters. The van der Waals surface area contributed by atoms with E-state index in [0.29, 0.717) is 5.75 Å². The summed E-state index contributed by atoms with van der Waals surface area (Å²) in [5.41, 5.74) is 0.780. The maximum atomic E-state index is 12.6. The zero-order valence-corrected chi connectivity index (χ0v) is 14.1. The summed E-state index contributed by atoms with van der Waals surface area (Å²) in [7, 11) is -2.07. The van der Waals surface area contributed by atoms with Crippen molar-refractivity contribution in [2.24, 2.45) is 5.92 Å². The van der Waals surface area contributed by atoms with Crippen molar-refractivity contribution in [3.63, 3.8) is 0 Å². The van der Waals surface area contributed by atoms with Gasteiger partial charge in [0.05, 0.1) is 18.0 Å². The van der Waals surface area contributed by atoms with E-state index in [4.69, 9.17) is 4.74 Å². The van der Waals surface area contributed by atoms with Gasteiger partial charge in [-0.3, -0.25) is 0 Å². The fourth-order valence-electron chi connectivity index (χ4n) is 2.35. The number of hydrogen-bond acceptors (Lipinski definition) is 3. The molecular weight excluding hydrogens is 310 g/mol. The Morgan fingerprint density at radius 1 is 1.09 bits per heavy atom. The van der Waals surface area contributed by atoms with Crippen molar-refractivity contribution in [1.29, 1.82) is 0 Å². The van der Waals surface area contributed by atoms with Crippen LogP contribution in [0, 0.1) is 5.92 Å². The zero-order chi connectivity index (χ0) is 16.9. The molecule has 0 unspecified atom stereocenters. The summed E-state index contributed by atoms with van der Waals surface area (Å²) in [5.74, 6) is 0.534. The van der Waals surface area contributed by atoms with Gasteiger partial charge in [-0.2, -0.15) is 0 Å². The third-order valence-electron chi connectivity index (χ3n) is 3.71. The van der Waals surface area contributed by atoms with E-state index in [9.17, 15) is 8.42 Å². The van der Waals surface area contributed by atoms with Gasteiger partial charge in [0.1, 0.15) is 5.75 Å². The number of rotatable bonds is 7. The van der Waals surface area contributed by atoms with Gasteiger partial charge in [-0.05, 0) is 24.1 Å². The van der Waals surface area contributed by atoms with Crippen LogP contribution in [-0.2, 0) is 10.0 Å². The minimum atomic E-state index is -3.64. The predicted molar refractivity (Wildman–Crippen MR) is 91.9 cm³/mol. The molecule has 0 aliphatic heterocycles. The smallest absolute Gasteiger partial charge is 0.241 e. The first-order chi connectivity index (χ1) is 11.0. The summed E-state index contributed by atoms with van der Waals surface area (Å²) < 4.78 is 33.4. The van der Waals surface area contributed by atoms with Crippen LogP contribution in [0.5, 0.6) is 5.75 Å². The van der Waals surface area contributed by atoms with E-state index < -0.39 is 16.1 Å². The number of methoxy groups -OCH3 is 1. The van der Waals surface area contributed by atoms with Crippen molar-refractivity contribution in [3.8, 4) is 5.75 Å². The summed E-state index contributed by atoms with van der Waals surface area (Å²) in [6.07, 6.45) is 1.73. The average molecular weight is 331 g/mol. The van der Waals surface area contributed by atoms with E-state index in [1.54, 1.807) is 43.5 Å². The second kappa shape index (κ2) is 7.44. The molecule has 0 saturated heterocycles. The third kappa shape index (κ3) is 4.00. The molecule has 2 aromatic rings. The molecule has 0 aliphatic rings. The van der Waals surface area contributed by atoms with Crippen LogP contribution in [0.1, 0.15) is 18.5 Å². The first-order valence-electron chi connectivity index (χ1n) is 7.32. The molecular formula is C18H21NO3S. The lowest BCUT2D eigenvalue weighted by molar-refractivity contribution is 0.395. The molecule has 0 bridgehead atoms. The SMILES string of the molecule is C=C[C@@H](C)[C@H](NS(=O)(=O)c1ccccc1)c1ccccc1OC. The van der Waals surface area contributed by atoms with Crippen LogP contribution in [0.25, 0.3) is 0 Å². The van der Waals surface area contributed by atoms with E-state index in [-0.39, 0.29) is 10.8 Å². The molecule has 0 aliphatic carbocycles. The Balaban J connectivity index is 2.43. The Hall–Kier alpha value is -2.11. The van der Waals surface area contributed by atoms with Gasteiger partial charge in [-0.1, -0.05) is 49.4 Å². The summed E-state index contributed by atoms with van der Waals surface area (Å²) in [6, 6.07) is 15.2. The van der Waals surface area contributed by atoms with Gasteiger partial charge in [-0.15, -0.1) is 6.58 Å². The molecule has 0 aromatic heterocycles. The molecule has 122 valence electrons. The minimum absolute atomic E-state index is 0.107. The quantitative estimate of drug-likeness (QED) is 0.790. The second-order valence-electron chi connectivity index (χ2n) is 5.25. The molecule has 2 aromatic carbocycles.